The number of nitrogens with one attached hydrogen (secondary N) is 2. The molecule has 0 radical (unpaired) electrons. The standard InChI is InChI=1S/C11H16FN3/c12-10-5-9(7-14-8-10)6-13-3-4-15-11-1-2-11/h5,7-8,11,13,15H,1-4,6H2. The largest absolute Gasteiger partial charge is 0.313 e. The number of nitrogens with zero attached hydrogens (tertiary/aromatic N) is 1. The molecule has 0 bridgehead atoms. The van der Waals surface area contributed by atoms with E-state index in [0.717, 1.165) is 24.7 Å². The minimum absolute atomic E-state index is 0.273. The zero-order valence-corrected chi connectivity index (χ0v) is 8.67. The zero-order valence-electron chi connectivity index (χ0n) is 8.67. The summed E-state index contributed by atoms with van der Waals surface area (Å²) in [5, 5.41) is 6.64. The molecule has 0 saturated heterocycles. The Bertz CT molecular complexity index is 312. The number of hydrogen-bond acceptors (Lipinski definition) is 3. The molecule has 0 spiro atoms. The molecule has 1 aliphatic rings. The van der Waals surface area contributed by atoms with Crippen molar-refractivity contribution in [3.63, 3.8) is 0 Å². The minimum atomic E-state index is -0.273. The van der Waals surface area contributed by atoms with Crippen molar-refractivity contribution in [2.24, 2.45) is 0 Å². The number of aromatic nitrogens is 1. The van der Waals surface area contributed by atoms with Crippen molar-refractivity contribution < 1.29 is 4.39 Å². The summed E-state index contributed by atoms with van der Waals surface area (Å²) in [6.07, 6.45) is 5.53. The Hall–Kier alpha value is -1.00. The number of pyridine rings is 1. The van der Waals surface area contributed by atoms with Gasteiger partial charge in [-0.05, 0) is 24.5 Å². The first kappa shape index (κ1) is 10.5. The average molecular weight is 209 g/mol. The molecule has 0 amide bonds. The first-order chi connectivity index (χ1) is 7.34. The lowest BCUT2D eigenvalue weighted by atomic mass is 10.3. The molecule has 1 heterocycles. The van der Waals surface area contributed by atoms with E-state index in [4.69, 9.17) is 0 Å². The van der Waals surface area contributed by atoms with E-state index < -0.39 is 0 Å². The average Bonchev–Trinajstić information content (AvgIpc) is 3.01. The van der Waals surface area contributed by atoms with Gasteiger partial charge < -0.3 is 10.6 Å². The van der Waals surface area contributed by atoms with E-state index in [1.54, 1.807) is 6.20 Å². The summed E-state index contributed by atoms with van der Waals surface area (Å²) in [6.45, 7) is 2.57. The van der Waals surface area contributed by atoms with Crippen LogP contribution in [0.5, 0.6) is 0 Å². The molecule has 1 aromatic rings. The van der Waals surface area contributed by atoms with Gasteiger partial charge in [-0.25, -0.2) is 4.39 Å². The van der Waals surface area contributed by atoms with Crippen LogP contribution in [0.4, 0.5) is 4.39 Å². The van der Waals surface area contributed by atoms with E-state index >= 15 is 0 Å². The van der Waals surface area contributed by atoms with Gasteiger partial charge >= 0.3 is 0 Å². The molecule has 0 atom stereocenters. The summed E-state index contributed by atoms with van der Waals surface area (Å²) >= 11 is 0. The summed E-state index contributed by atoms with van der Waals surface area (Å²) in [6, 6.07) is 2.26. The van der Waals surface area contributed by atoms with Crippen LogP contribution >= 0.6 is 0 Å². The molecule has 1 aromatic heterocycles. The van der Waals surface area contributed by atoms with Crippen LogP contribution in [0.2, 0.25) is 0 Å². The van der Waals surface area contributed by atoms with Crippen LogP contribution < -0.4 is 10.6 Å². The molecule has 1 saturated carbocycles. The predicted octanol–water partition coefficient (Wildman–Crippen LogP) is 1.06. The topological polar surface area (TPSA) is 37.0 Å². The molecule has 82 valence electrons. The summed E-state index contributed by atoms with van der Waals surface area (Å²) in [5.74, 6) is -0.273. The Morgan fingerprint density at radius 2 is 2.20 bits per heavy atom. The van der Waals surface area contributed by atoms with Gasteiger partial charge in [0.2, 0.25) is 0 Å². The lowest BCUT2D eigenvalue weighted by Crippen LogP contribution is -2.28. The van der Waals surface area contributed by atoms with Gasteiger partial charge in [0.05, 0.1) is 6.20 Å². The highest BCUT2D eigenvalue weighted by Gasteiger charge is 2.19. The highest BCUT2D eigenvalue weighted by Crippen LogP contribution is 2.17. The van der Waals surface area contributed by atoms with E-state index in [1.807, 2.05) is 0 Å². The number of rotatable bonds is 6. The summed E-state index contributed by atoms with van der Waals surface area (Å²) < 4.78 is 12.8. The van der Waals surface area contributed by atoms with Gasteiger partial charge in [0.15, 0.2) is 0 Å². The monoisotopic (exact) mass is 209 g/mol. The molecule has 2 N–H and O–H groups in total. The van der Waals surface area contributed by atoms with Crippen LogP contribution in [0.15, 0.2) is 18.5 Å². The third kappa shape index (κ3) is 3.93. The SMILES string of the molecule is Fc1cncc(CNCCNC2CC2)c1. The minimum Gasteiger partial charge on any atom is -0.313 e. The molecule has 1 fully saturated rings. The summed E-state index contributed by atoms with van der Waals surface area (Å²) in [7, 11) is 0. The fraction of sp³-hybridized carbons (Fsp3) is 0.545. The van der Waals surface area contributed by atoms with E-state index in [-0.39, 0.29) is 5.82 Å². The van der Waals surface area contributed by atoms with Gasteiger partial charge in [0, 0.05) is 31.9 Å². The maximum atomic E-state index is 12.8. The second kappa shape index (κ2) is 5.19. The van der Waals surface area contributed by atoms with Crippen LogP contribution in [0, 0.1) is 5.82 Å². The van der Waals surface area contributed by atoms with Crippen molar-refractivity contribution in [2.75, 3.05) is 13.1 Å². The van der Waals surface area contributed by atoms with E-state index in [9.17, 15) is 4.39 Å². The highest BCUT2D eigenvalue weighted by molar-refractivity contribution is 5.09. The van der Waals surface area contributed by atoms with Crippen LogP contribution in [0.3, 0.4) is 0 Å². The number of halogens is 1. The second-order valence-corrected chi connectivity index (χ2v) is 3.92. The van der Waals surface area contributed by atoms with Gasteiger partial charge in [0.25, 0.3) is 0 Å². The van der Waals surface area contributed by atoms with E-state index in [2.05, 4.69) is 15.6 Å². The Morgan fingerprint density at radius 3 is 2.93 bits per heavy atom. The lowest BCUT2D eigenvalue weighted by Gasteiger charge is -2.05. The Labute approximate surface area is 89.1 Å². The Balaban J connectivity index is 1.60. The maximum Gasteiger partial charge on any atom is 0.141 e. The fourth-order valence-electron chi connectivity index (χ4n) is 1.44. The van der Waals surface area contributed by atoms with E-state index in [1.165, 1.54) is 25.1 Å². The molecule has 0 aliphatic heterocycles. The normalized spacial score (nSPS) is 15.5. The number of hydrogen-bond donors (Lipinski definition) is 2. The molecule has 0 unspecified atom stereocenters. The molecule has 0 aromatic carbocycles. The van der Waals surface area contributed by atoms with Crippen molar-refractivity contribution in [3.05, 3.63) is 29.8 Å². The van der Waals surface area contributed by atoms with Crippen LogP contribution in [-0.4, -0.2) is 24.1 Å². The zero-order chi connectivity index (χ0) is 10.5. The lowest BCUT2D eigenvalue weighted by molar-refractivity contribution is 0.596. The Kier molecular flexibility index (Phi) is 3.64. The van der Waals surface area contributed by atoms with Crippen molar-refractivity contribution in [3.8, 4) is 0 Å². The van der Waals surface area contributed by atoms with E-state index in [0.29, 0.717) is 6.54 Å². The quantitative estimate of drug-likeness (QED) is 0.688. The molecule has 3 nitrogen and oxygen atoms in total. The summed E-state index contributed by atoms with van der Waals surface area (Å²) in [5.41, 5.74) is 0.890. The molecule has 2 rings (SSSR count). The highest BCUT2D eigenvalue weighted by atomic mass is 19.1. The van der Waals surface area contributed by atoms with Crippen LogP contribution in [0.1, 0.15) is 18.4 Å². The van der Waals surface area contributed by atoms with Crippen molar-refractivity contribution in [1.29, 1.82) is 0 Å². The summed E-state index contributed by atoms with van der Waals surface area (Å²) in [4.78, 5) is 3.79. The molecule has 4 heteroatoms. The van der Waals surface area contributed by atoms with Crippen molar-refractivity contribution in [2.45, 2.75) is 25.4 Å². The molecule has 15 heavy (non-hydrogen) atoms. The van der Waals surface area contributed by atoms with Gasteiger partial charge in [-0.2, -0.15) is 0 Å². The Morgan fingerprint density at radius 1 is 1.33 bits per heavy atom. The smallest absolute Gasteiger partial charge is 0.141 e. The first-order valence-corrected chi connectivity index (χ1v) is 5.38. The fourth-order valence-corrected chi connectivity index (χ4v) is 1.44. The van der Waals surface area contributed by atoms with Gasteiger partial charge in [-0.1, -0.05) is 0 Å². The van der Waals surface area contributed by atoms with Crippen molar-refractivity contribution >= 4 is 0 Å². The van der Waals surface area contributed by atoms with Gasteiger partial charge in [0.1, 0.15) is 5.82 Å². The molecular weight excluding hydrogens is 193 g/mol. The van der Waals surface area contributed by atoms with Gasteiger partial charge in [-0.3, -0.25) is 4.98 Å². The maximum absolute atomic E-state index is 12.8. The third-order valence-electron chi connectivity index (χ3n) is 2.40. The predicted molar refractivity (Wildman–Crippen MR) is 56.9 cm³/mol. The molecule has 1 aliphatic carbocycles. The van der Waals surface area contributed by atoms with Gasteiger partial charge in [-0.15, -0.1) is 0 Å². The first-order valence-electron chi connectivity index (χ1n) is 5.38. The van der Waals surface area contributed by atoms with Crippen LogP contribution in [-0.2, 0) is 6.54 Å². The van der Waals surface area contributed by atoms with Crippen molar-refractivity contribution in [1.82, 2.24) is 15.6 Å². The third-order valence-corrected chi connectivity index (χ3v) is 2.40. The molecular formula is C11H16FN3. The second-order valence-electron chi connectivity index (χ2n) is 3.92. The van der Waals surface area contributed by atoms with Crippen LogP contribution in [0.25, 0.3) is 0 Å².